The highest BCUT2D eigenvalue weighted by atomic mass is 19.3. The number of aryl methyl sites for hydroxylation is 1. The van der Waals surface area contributed by atoms with Crippen molar-refractivity contribution in [3.05, 3.63) is 59.7 Å². The monoisotopic (exact) mass is 363 g/mol. The van der Waals surface area contributed by atoms with Crippen LogP contribution in [0.5, 0.6) is 5.75 Å². The van der Waals surface area contributed by atoms with Crippen LogP contribution in [-0.4, -0.2) is 23.6 Å². The first-order valence-corrected chi connectivity index (χ1v) is 8.01. The molecule has 2 rings (SSSR count). The van der Waals surface area contributed by atoms with E-state index in [0.29, 0.717) is 17.7 Å². The first kappa shape index (κ1) is 19.4. The number of hydrogen-bond donors (Lipinski definition) is 2. The Morgan fingerprint density at radius 2 is 1.69 bits per heavy atom. The van der Waals surface area contributed by atoms with E-state index in [1.165, 1.54) is 12.1 Å². The summed E-state index contributed by atoms with van der Waals surface area (Å²) >= 11 is 0. The van der Waals surface area contributed by atoms with Crippen LogP contribution in [0.2, 0.25) is 0 Å². The topological polar surface area (TPSA) is 75.6 Å². The van der Waals surface area contributed by atoms with Gasteiger partial charge in [-0.15, -0.1) is 0 Å². The third-order valence-corrected chi connectivity index (χ3v) is 3.85. The lowest BCUT2D eigenvalue weighted by atomic mass is 10.0. The molecule has 0 heterocycles. The molecule has 0 saturated heterocycles. The number of ether oxygens (including phenoxy) is 1. The third-order valence-electron chi connectivity index (χ3n) is 3.85. The van der Waals surface area contributed by atoms with Crippen molar-refractivity contribution >= 4 is 17.6 Å². The van der Waals surface area contributed by atoms with Gasteiger partial charge in [0.15, 0.2) is 0 Å². The summed E-state index contributed by atoms with van der Waals surface area (Å²) in [7, 11) is 0. The van der Waals surface area contributed by atoms with Crippen LogP contribution in [0.3, 0.4) is 0 Å². The zero-order chi connectivity index (χ0) is 19.1. The molecule has 1 atom stereocenters. The Balaban J connectivity index is 1.84. The highest BCUT2D eigenvalue weighted by Gasteiger charge is 2.13. The molecule has 0 radical (unpaired) electrons. The van der Waals surface area contributed by atoms with Gasteiger partial charge in [-0.1, -0.05) is 24.3 Å². The molecule has 2 aromatic carbocycles. The van der Waals surface area contributed by atoms with Gasteiger partial charge in [0.05, 0.1) is 5.92 Å². The van der Waals surface area contributed by atoms with E-state index in [2.05, 4.69) is 10.1 Å². The Morgan fingerprint density at radius 3 is 2.23 bits per heavy atom. The number of alkyl halides is 2. The summed E-state index contributed by atoms with van der Waals surface area (Å²) in [4.78, 5) is 22.9. The van der Waals surface area contributed by atoms with Gasteiger partial charge in [-0.3, -0.25) is 9.59 Å². The summed E-state index contributed by atoms with van der Waals surface area (Å²) in [5.41, 5.74) is 2.06. The second-order valence-corrected chi connectivity index (χ2v) is 5.75. The highest BCUT2D eigenvalue weighted by Crippen LogP contribution is 2.19. The Kier molecular flexibility index (Phi) is 6.66. The predicted octanol–water partition coefficient (Wildman–Crippen LogP) is 4.05. The quantitative estimate of drug-likeness (QED) is 0.742. The molecule has 0 aliphatic heterocycles. The Bertz CT molecular complexity index is 745. The summed E-state index contributed by atoms with van der Waals surface area (Å²) in [6, 6.07) is 12.8. The summed E-state index contributed by atoms with van der Waals surface area (Å²) in [6.07, 6.45) is 0.678. The van der Waals surface area contributed by atoms with Gasteiger partial charge in [0, 0.05) is 12.1 Å². The van der Waals surface area contributed by atoms with Gasteiger partial charge in [-0.2, -0.15) is 8.78 Å². The maximum absolute atomic E-state index is 12.1. The lowest BCUT2D eigenvalue weighted by Crippen LogP contribution is -2.13. The summed E-state index contributed by atoms with van der Waals surface area (Å²) in [5, 5.41) is 11.7. The van der Waals surface area contributed by atoms with Gasteiger partial charge >= 0.3 is 12.6 Å². The molecule has 0 spiro atoms. The van der Waals surface area contributed by atoms with Gasteiger partial charge in [-0.05, 0) is 48.7 Å². The molecular formula is C19H19F2NO4. The molecule has 0 saturated carbocycles. The summed E-state index contributed by atoms with van der Waals surface area (Å²) < 4.78 is 28.4. The molecule has 138 valence electrons. The predicted molar refractivity (Wildman–Crippen MR) is 92.5 cm³/mol. The third kappa shape index (κ3) is 5.84. The molecule has 5 nitrogen and oxygen atoms in total. The number of carboxylic acids is 1. The van der Waals surface area contributed by atoms with E-state index >= 15 is 0 Å². The number of hydrogen-bond acceptors (Lipinski definition) is 3. The van der Waals surface area contributed by atoms with Crippen molar-refractivity contribution in [2.24, 2.45) is 0 Å². The van der Waals surface area contributed by atoms with Crippen LogP contribution >= 0.6 is 0 Å². The van der Waals surface area contributed by atoms with Crippen LogP contribution < -0.4 is 10.1 Å². The van der Waals surface area contributed by atoms with Crippen molar-refractivity contribution in [3.8, 4) is 5.75 Å². The molecule has 0 aliphatic rings. The maximum Gasteiger partial charge on any atom is 0.387 e. The SMILES string of the molecule is CC(C(=O)O)c1ccc(NC(=O)CCc2ccc(OC(F)F)cc2)cc1. The van der Waals surface area contributed by atoms with E-state index in [1.807, 2.05) is 0 Å². The molecule has 26 heavy (non-hydrogen) atoms. The molecule has 2 N–H and O–H groups in total. The second-order valence-electron chi connectivity index (χ2n) is 5.75. The first-order valence-electron chi connectivity index (χ1n) is 8.01. The van der Waals surface area contributed by atoms with Gasteiger partial charge in [0.25, 0.3) is 0 Å². The molecule has 1 unspecified atom stereocenters. The number of aliphatic carboxylic acids is 1. The maximum atomic E-state index is 12.1. The lowest BCUT2D eigenvalue weighted by molar-refractivity contribution is -0.138. The van der Waals surface area contributed by atoms with Crippen molar-refractivity contribution < 1.29 is 28.2 Å². The van der Waals surface area contributed by atoms with E-state index < -0.39 is 18.5 Å². The number of amides is 1. The Morgan fingerprint density at radius 1 is 1.08 bits per heavy atom. The molecular weight excluding hydrogens is 344 g/mol. The molecule has 2 aromatic rings. The average molecular weight is 363 g/mol. The molecule has 0 fully saturated rings. The fourth-order valence-corrected chi connectivity index (χ4v) is 2.32. The molecule has 1 amide bonds. The van der Waals surface area contributed by atoms with Crippen LogP contribution in [0.4, 0.5) is 14.5 Å². The second kappa shape index (κ2) is 8.94. The minimum atomic E-state index is -2.86. The minimum absolute atomic E-state index is 0.0730. The number of carbonyl (C=O) groups is 2. The zero-order valence-electron chi connectivity index (χ0n) is 14.1. The number of nitrogens with one attached hydrogen (secondary N) is 1. The van der Waals surface area contributed by atoms with Crippen molar-refractivity contribution in [3.63, 3.8) is 0 Å². The fourth-order valence-electron chi connectivity index (χ4n) is 2.32. The number of rotatable bonds is 8. The van der Waals surface area contributed by atoms with Gasteiger partial charge in [0.1, 0.15) is 5.75 Å². The molecule has 0 bridgehead atoms. The number of benzene rings is 2. The number of halogens is 2. The van der Waals surface area contributed by atoms with Crippen molar-refractivity contribution in [1.82, 2.24) is 0 Å². The smallest absolute Gasteiger partial charge is 0.387 e. The summed E-state index contributed by atoms with van der Waals surface area (Å²) in [6.45, 7) is -1.27. The van der Waals surface area contributed by atoms with Gasteiger partial charge in [0.2, 0.25) is 5.91 Å². The zero-order valence-corrected chi connectivity index (χ0v) is 14.1. The molecule has 7 heteroatoms. The van der Waals surface area contributed by atoms with E-state index in [1.54, 1.807) is 43.3 Å². The van der Waals surface area contributed by atoms with E-state index in [-0.39, 0.29) is 18.1 Å². The standard InChI is InChI=1S/C19H19F2NO4/c1-12(18(24)25)14-5-7-15(8-6-14)22-17(23)11-4-13-2-9-16(10-3-13)26-19(20)21/h2-3,5-10,12,19H,4,11H2,1H3,(H,22,23)(H,24,25). The van der Waals surface area contributed by atoms with Crippen LogP contribution in [-0.2, 0) is 16.0 Å². The number of carboxylic acid groups (broad SMARTS) is 1. The molecule has 0 aliphatic carbocycles. The Labute approximate surface area is 149 Å². The van der Waals surface area contributed by atoms with E-state index in [4.69, 9.17) is 5.11 Å². The largest absolute Gasteiger partial charge is 0.481 e. The minimum Gasteiger partial charge on any atom is -0.481 e. The van der Waals surface area contributed by atoms with E-state index in [9.17, 15) is 18.4 Å². The van der Waals surface area contributed by atoms with Crippen molar-refractivity contribution in [1.29, 1.82) is 0 Å². The fraction of sp³-hybridized carbons (Fsp3) is 0.263. The average Bonchev–Trinajstić information content (AvgIpc) is 2.60. The van der Waals surface area contributed by atoms with Crippen LogP contribution in [0.1, 0.15) is 30.4 Å². The Hall–Kier alpha value is -2.96. The van der Waals surface area contributed by atoms with Crippen LogP contribution in [0.25, 0.3) is 0 Å². The van der Waals surface area contributed by atoms with Crippen LogP contribution in [0.15, 0.2) is 48.5 Å². The van der Waals surface area contributed by atoms with Gasteiger partial charge in [-0.25, -0.2) is 0 Å². The van der Waals surface area contributed by atoms with Gasteiger partial charge < -0.3 is 15.2 Å². The van der Waals surface area contributed by atoms with Crippen LogP contribution in [0, 0.1) is 0 Å². The van der Waals surface area contributed by atoms with E-state index in [0.717, 1.165) is 5.56 Å². The van der Waals surface area contributed by atoms with Crippen molar-refractivity contribution in [2.75, 3.05) is 5.32 Å². The van der Waals surface area contributed by atoms with Crippen molar-refractivity contribution in [2.45, 2.75) is 32.3 Å². The highest BCUT2D eigenvalue weighted by molar-refractivity contribution is 5.90. The molecule has 0 aromatic heterocycles. The number of carbonyl (C=O) groups excluding carboxylic acids is 1. The number of anilines is 1. The normalized spacial score (nSPS) is 11.8. The lowest BCUT2D eigenvalue weighted by Gasteiger charge is -2.09. The summed E-state index contributed by atoms with van der Waals surface area (Å²) in [5.74, 6) is -1.65. The first-order chi connectivity index (χ1) is 12.3.